The standard InChI is InChI=1S/C33H36N4O4/c1-25(40-32-4-2-3-19-39-32)33-34-15-16-37(33)24-30-22-31(41-35-30)29-13-11-27(12-14-29)6-5-26-7-9-28(10-8-26)23-36-17-20-38-21-18-36/h7-16,22,25,32H,2-4,17-21,23-24H2,1H3. The fourth-order valence-electron chi connectivity index (χ4n) is 5.19. The second kappa shape index (κ2) is 13.3. The number of benzene rings is 2. The second-order valence-corrected chi connectivity index (χ2v) is 10.6. The Balaban J connectivity index is 1.05. The van der Waals surface area contributed by atoms with Gasteiger partial charge in [0.1, 0.15) is 17.6 Å². The van der Waals surface area contributed by atoms with E-state index in [-0.39, 0.29) is 12.4 Å². The van der Waals surface area contributed by atoms with Crippen molar-refractivity contribution in [3.63, 3.8) is 0 Å². The summed E-state index contributed by atoms with van der Waals surface area (Å²) in [5, 5.41) is 4.30. The van der Waals surface area contributed by atoms with Gasteiger partial charge in [0.05, 0.1) is 19.8 Å². The molecule has 212 valence electrons. The zero-order chi connectivity index (χ0) is 27.9. The van der Waals surface area contributed by atoms with E-state index in [9.17, 15) is 0 Å². The SMILES string of the molecule is CC(OC1CCCCO1)c1nccn1Cc1cc(-c2ccc(C#Cc3ccc(CN4CCOCC4)cc3)cc2)on1. The number of aromatic nitrogens is 3. The number of rotatable bonds is 8. The highest BCUT2D eigenvalue weighted by Crippen LogP contribution is 2.25. The van der Waals surface area contributed by atoms with E-state index in [2.05, 4.69) is 51.1 Å². The van der Waals surface area contributed by atoms with Gasteiger partial charge in [-0.15, -0.1) is 0 Å². The maximum atomic E-state index is 6.12. The van der Waals surface area contributed by atoms with Gasteiger partial charge in [0.2, 0.25) is 0 Å². The van der Waals surface area contributed by atoms with Crippen LogP contribution >= 0.6 is 0 Å². The summed E-state index contributed by atoms with van der Waals surface area (Å²) in [6.45, 7) is 7.88. The van der Waals surface area contributed by atoms with E-state index in [1.165, 1.54) is 5.56 Å². The fourth-order valence-corrected chi connectivity index (χ4v) is 5.19. The zero-order valence-corrected chi connectivity index (χ0v) is 23.5. The van der Waals surface area contributed by atoms with E-state index in [1.54, 1.807) is 6.20 Å². The van der Waals surface area contributed by atoms with Crippen LogP contribution in [-0.4, -0.2) is 58.8 Å². The van der Waals surface area contributed by atoms with Crippen LogP contribution < -0.4 is 0 Å². The summed E-state index contributed by atoms with van der Waals surface area (Å²) in [5.74, 6) is 8.11. The molecule has 0 saturated carbocycles. The molecule has 0 radical (unpaired) electrons. The Hall–Kier alpha value is -3.74. The van der Waals surface area contributed by atoms with Crippen LogP contribution in [0.2, 0.25) is 0 Å². The van der Waals surface area contributed by atoms with Crippen LogP contribution in [0.15, 0.2) is 71.5 Å². The molecule has 2 atom stereocenters. The van der Waals surface area contributed by atoms with Gasteiger partial charge in [0.25, 0.3) is 0 Å². The molecule has 2 aromatic carbocycles. The quantitative estimate of drug-likeness (QED) is 0.270. The first-order valence-corrected chi connectivity index (χ1v) is 14.4. The van der Waals surface area contributed by atoms with Gasteiger partial charge in [-0.2, -0.15) is 0 Å². The Morgan fingerprint density at radius 2 is 1.71 bits per heavy atom. The van der Waals surface area contributed by atoms with Crippen LogP contribution in [0.25, 0.3) is 11.3 Å². The summed E-state index contributed by atoms with van der Waals surface area (Å²) in [4.78, 5) is 6.94. The third-order valence-corrected chi connectivity index (χ3v) is 7.48. The largest absolute Gasteiger partial charge is 0.379 e. The maximum Gasteiger partial charge on any atom is 0.167 e. The number of nitrogens with zero attached hydrogens (tertiary/aromatic N) is 4. The van der Waals surface area contributed by atoms with Gasteiger partial charge in [-0.1, -0.05) is 29.1 Å². The monoisotopic (exact) mass is 552 g/mol. The molecule has 0 amide bonds. The number of hydrogen-bond donors (Lipinski definition) is 0. The molecule has 0 bridgehead atoms. The highest BCUT2D eigenvalue weighted by Gasteiger charge is 2.21. The third kappa shape index (κ3) is 7.32. The molecule has 41 heavy (non-hydrogen) atoms. The predicted octanol–water partition coefficient (Wildman–Crippen LogP) is 5.42. The van der Waals surface area contributed by atoms with E-state index in [0.717, 1.165) is 92.7 Å². The van der Waals surface area contributed by atoms with Crippen LogP contribution in [0.4, 0.5) is 0 Å². The summed E-state index contributed by atoms with van der Waals surface area (Å²) in [6.07, 6.45) is 6.53. The lowest BCUT2D eigenvalue weighted by atomic mass is 10.1. The lowest BCUT2D eigenvalue weighted by Gasteiger charge is -2.26. The molecule has 2 fully saturated rings. The van der Waals surface area contributed by atoms with E-state index in [4.69, 9.17) is 18.7 Å². The number of ether oxygens (including phenoxy) is 3. The highest BCUT2D eigenvalue weighted by atomic mass is 16.7. The average Bonchev–Trinajstić information content (AvgIpc) is 3.68. The summed E-state index contributed by atoms with van der Waals surface area (Å²) < 4.78 is 25.0. The molecule has 2 aromatic heterocycles. The van der Waals surface area contributed by atoms with E-state index >= 15 is 0 Å². The number of imidazole rings is 1. The van der Waals surface area contributed by atoms with Gasteiger partial charge in [-0.3, -0.25) is 4.90 Å². The highest BCUT2D eigenvalue weighted by molar-refractivity contribution is 5.59. The Labute approximate surface area is 241 Å². The van der Waals surface area contributed by atoms with Crippen LogP contribution in [-0.2, 0) is 27.3 Å². The van der Waals surface area contributed by atoms with Gasteiger partial charge in [0, 0.05) is 61.4 Å². The molecule has 4 aromatic rings. The third-order valence-electron chi connectivity index (χ3n) is 7.48. The molecule has 2 saturated heterocycles. The topological polar surface area (TPSA) is 74.8 Å². The lowest BCUT2D eigenvalue weighted by Crippen LogP contribution is -2.35. The minimum absolute atomic E-state index is 0.165. The van der Waals surface area contributed by atoms with Gasteiger partial charge >= 0.3 is 0 Å². The normalized spacial score (nSPS) is 18.5. The van der Waals surface area contributed by atoms with Crippen LogP contribution in [0.1, 0.15) is 60.5 Å². The van der Waals surface area contributed by atoms with Gasteiger partial charge < -0.3 is 23.3 Å². The van der Waals surface area contributed by atoms with Crippen LogP contribution in [0.3, 0.4) is 0 Å². The van der Waals surface area contributed by atoms with Crippen molar-refractivity contribution in [1.82, 2.24) is 19.6 Å². The molecule has 2 aliphatic heterocycles. The average molecular weight is 553 g/mol. The Kier molecular flexibility index (Phi) is 8.89. The Bertz CT molecular complexity index is 1450. The van der Waals surface area contributed by atoms with Crippen LogP contribution in [0, 0.1) is 11.8 Å². The van der Waals surface area contributed by atoms with Crippen molar-refractivity contribution in [1.29, 1.82) is 0 Å². The van der Waals surface area contributed by atoms with Crippen molar-refractivity contribution in [2.45, 2.75) is 51.7 Å². The Morgan fingerprint density at radius 1 is 0.951 bits per heavy atom. The summed E-state index contributed by atoms with van der Waals surface area (Å²) >= 11 is 0. The molecule has 0 N–H and O–H groups in total. The Morgan fingerprint density at radius 3 is 2.44 bits per heavy atom. The zero-order valence-electron chi connectivity index (χ0n) is 23.5. The van der Waals surface area contributed by atoms with E-state index < -0.39 is 0 Å². The maximum absolute atomic E-state index is 6.12. The molecule has 2 aliphatic rings. The van der Waals surface area contributed by atoms with Crippen molar-refractivity contribution in [3.05, 3.63) is 95.2 Å². The van der Waals surface area contributed by atoms with Crippen molar-refractivity contribution >= 4 is 0 Å². The fraction of sp³-hybridized carbons (Fsp3) is 0.394. The van der Waals surface area contributed by atoms with E-state index in [1.807, 2.05) is 48.0 Å². The molecule has 8 heteroatoms. The summed E-state index contributed by atoms with van der Waals surface area (Å²) in [7, 11) is 0. The first-order valence-electron chi connectivity index (χ1n) is 14.4. The summed E-state index contributed by atoms with van der Waals surface area (Å²) in [5.41, 5.74) is 5.03. The molecule has 0 aliphatic carbocycles. The molecular formula is C33H36N4O4. The number of hydrogen-bond acceptors (Lipinski definition) is 7. The minimum Gasteiger partial charge on any atom is -0.379 e. The second-order valence-electron chi connectivity index (χ2n) is 10.6. The smallest absolute Gasteiger partial charge is 0.167 e. The van der Waals surface area contributed by atoms with Crippen molar-refractivity contribution in [3.8, 4) is 23.2 Å². The molecular weight excluding hydrogens is 516 g/mol. The number of morpholine rings is 1. The van der Waals surface area contributed by atoms with E-state index in [0.29, 0.717) is 6.54 Å². The van der Waals surface area contributed by atoms with Gasteiger partial charge in [0.15, 0.2) is 12.1 Å². The minimum atomic E-state index is -0.179. The van der Waals surface area contributed by atoms with Crippen LogP contribution in [0.5, 0.6) is 0 Å². The van der Waals surface area contributed by atoms with Gasteiger partial charge in [-0.05, 0) is 68.1 Å². The van der Waals surface area contributed by atoms with Crippen molar-refractivity contribution in [2.75, 3.05) is 32.9 Å². The molecule has 8 nitrogen and oxygen atoms in total. The van der Waals surface area contributed by atoms with Gasteiger partial charge in [-0.25, -0.2) is 4.98 Å². The summed E-state index contributed by atoms with van der Waals surface area (Å²) in [6, 6.07) is 18.5. The predicted molar refractivity (Wildman–Crippen MR) is 155 cm³/mol. The van der Waals surface area contributed by atoms with Crippen molar-refractivity contribution < 1.29 is 18.7 Å². The molecule has 4 heterocycles. The molecule has 2 unspecified atom stereocenters. The molecule has 6 rings (SSSR count). The molecule has 0 spiro atoms. The first-order chi connectivity index (χ1) is 20.2. The van der Waals surface area contributed by atoms with Crippen molar-refractivity contribution in [2.24, 2.45) is 0 Å². The lowest BCUT2D eigenvalue weighted by molar-refractivity contribution is -0.188. The first kappa shape index (κ1) is 27.4.